The van der Waals surface area contributed by atoms with Crippen molar-refractivity contribution in [3.8, 4) is 5.75 Å². The van der Waals surface area contributed by atoms with Crippen LogP contribution in [0, 0.1) is 12.8 Å². The highest BCUT2D eigenvalue weighted by Crippen LogP contribution is 2.46. The first-order valence-corrected chi connectivity index (χ1v) is 6.77. The minimum Gasteiger partial charge on any atom is -0.467 e. The largest absolute Gasteiger partial charge is 0.467 e. The van der Waals surface area contributed by atoms with Crippen molar-refractivity contribution >= 4 is 28.9 Å². The molecule has 1 saturated heterocycles. The van der Waals surface area contributed by atoms with Crippen molar-refractivity contribution in [2.45, 2.75) is 32.5 Å². The highest BCUT2D eigenvalue weighted by molar-refractivity contribution is 7.80. The van der Waals surface area contributed by atoms with E-state index in [9.17, 15) is 0 Å². The van der Waals surface area contributed by atoms with Crippen LogP contribution in [-0.4, -0.2) is 10.8 Å². The molecule has 5 heteroatoms. The first-order chi connectivity index (χ1) is 8.40. The number of aryl methyl sites for hydroxylation is 1. The van der Waals surface area contributed by atoms with Crippen LogP contribution in [0.15, 0.2) is 12.1 Å². The molecule has 2 bridgehead atoms. The summed E-state index contributed by atoms with van der Waals surface area (Å²) in [5.74, 6) is 1.17. The molecule has 3 nitrogen and oxygen atoms in total. The predicted molar refractivity (Wildman–Crippen MR) is 76.0 cm³/mol. The Morgan fingerprint density at radius 3 is 2.89 bits per heavy atom. The smallest absolute Gasteiger partial charge is 0.184 e. The lowest BCUT2D eigenvalue weighted by atomic mass is 9.81. The van der Waals surface area contributed by atoms with Gasteiger partial charge in [-0.25, -0.2) is 0 Å². The number of nitrogens with one attached hydrogen (secondary N) is 2. The van der Waals surface area contributed by atoms with Crippen LogP contribution in [0.2, 0.25) is 5.02 Å². The maximum Gasteiger partial charge on any atom is 0.184 e. The van der Waals surface area contributed by atoms with Crippen molar-refractivity contribution in [1.29, 1.82) is 0 Å². The van der Waals surface area contributed by atoms with Crippen molar-refractivity contribution < 1.29 is 4.74 Å². The maximum absolute atomic E-state index is 6.16. The molecule has 0 aromatic heterocycles. The predicted octanol–water partition coefficient (Wildman–Crippen LogP) is 2.91. The number of hydrogen-bond donors (Lipinski definition) is 2. The van der Waals surface area contributed by atoms with Gasteiger partial charge in [-0.15, -0.1) is 0 Å². The number of fused-ring (bicyclic) bond motifs is 4. The summed E-state index contributed by atoms with van der Waals surface area (Å²) in [6, 6.07) is 4.03. The van der Waals surface area contributed by atoms with Crippen LogP contribution < -0.4 is 15.4 Å². The molecule has 96 valence electrons. The van der Waals surface area contributed by atoms with Gasteiger partial charge in [0, 0.05) is 16.5 Å². The molecule has 2 heterocycles. The van der Waals surface area contributed by atoms with Crippen LogP contribution in [0.5, 0.6) is 5.75 Å². The van der Waals surface area contributed by atoms with E-state index < -0.39 is 5.72 Å². The molecule has 0 radical (unpaired) electrons. The molecule has 2 aliphatic heterocycles. The molecule has 18 heavy (non-hydrogen) atoms. The zero-order valence-electron chi connectivity index (χ0n) is 10.5. The molecule has 0 amide bonds. The Labute approximate surface area is 117 Å². The number of rotatable bonds is 0. The molecule has 2 N–H and O–H groups in total. The summed E-state index contributed by atoms with van der Waals surface area (Å²) < 4.78 is 6.16. The van der Waals surface area contributed by atoms with Gasteiger partial charge in [0.2, 0.25) is 0 Å². The van der Waals surface area contributed by atoms with Gasteiger partial charge >= 0.3 is 0 Å². The van der Waals surface area contributed by atoms with Crippen LogP contribution in [-0.2, 0) is 0 Å². The number of halogens is 1. The van der Waals surface area contributed by atoms with E-state index in [1.807, 2.05) is 26.0 Å². The molecule has 1 fully saturated rings. The second-order valence-electron chi connectivity index (χ2n) is 5.21. The Bertz CT molecular complexity index is 548. The average Bonchev–Trinajstić information content (AvgIpc) is 2.25. The van der Waals surface area contributed by atoms with Gasteiger partial charge < -0.3 is 15.4 Å². The zero-order valence-corrected chi connectivity index (χ0v) is 12.1. The van der Waals surface area contributed by atoms with Gasteiger partial charge in [-0.2, -0.15) is 0 Å². The van der Waals surface area contributed by atoms with Gasteiger partial charge in [0.05, 0.1) is 6.04 Å². The normalized spacial score (nSPS) is 33.0. The van der Waals surface area contributed by atoms with E-state index in [1.54, 1.807) is 0 Å². The molecule has 2 aliphatic rings. The Hall–Kier alpha value is -1.00. The highest BCUT2D eigenvalue weighted by atomic mass is 35.5. The first-order valence-electron chi connectivity index (χ1n) is 5.98. The Morgan fingerprint density at radius 2 is 2.17 bits per heavy atom. The van der Waals surface area contributed by atoms with Crippen LogP contribution in [0.3, 0.4) is 0 Å². The van der Waals surface area contributed by atoms with E-state index >= 15 is 0 Å². The summed E-state index contributed by atoms with van der Waals surface area (Å²) in [4.78, 5) is 0. The lowest BCUT2D eigenvalue weighted by molar-refractivity contribution is -0.0269. The molecule has 0 spiro atoms. The summed E-state index contributed by atoms with van der Waals surface area (Å²) >= 11 is 11.4. The lowest BCUT2D eigenvalue weighted by Gasteiger charge is -2.50. The van der Waals surface area contributed by atoms with E-state index in [0.29, 0.717) is 5.11 Å². The maximum atomic E-state index is 6.16. The topological polar surface area (TPSA) is 33.3 Å². The van der Waals surface area contributed by atoms with Crippen molar-refractivity contribution in [3.05, 3.63) is 28.3 Å². The zero-order chi connectivity index (χ0) is 13.1. The summed E-state index contributed by atoms with van der Waals surface area (Å²) in [6.07, 6.45) is 0. The average molecular weight is 283 g/mol. The Morgan fingerprint density at radius 1 is 1.44 bits per heavy atom. The second-order valence-corrected chi connectivity index (χ2v) is 6.06. The summed E-state index contributed by atoms with van der Waals surface area (Å²) in [5.41, 5.74) is 1.68. The third kappa shape index (κ3) is 1.59. The van der Waals surface area contributed by atoms with Gasteiger partial charge in [-0.05, 0) is 43.8 Å². The molecule has 3 rings (SSSR count). The monoisotopic (exact) mass is 282 g/mol. The minimum absolute atomic E-state index is 0.143. The van der Waals surface area contributed by atoms with Gasteiger partial charge in [0.25, 0.3) is 0 Å². The van der Waals surface area contributed by atoms with Gasteiger partial charge in [0.15, 0.2) is 10.8 Å². The Kier molecular flexibility index (Phi) is 2.51. The summed E-state index contributed by atoms with van der Waals surface area (Å²) in [6.45, 7) is 6.19. The van der Waals surface area contributed by atoms with Crippen molar-refractivity contribution in [2.24, 2.45) is 5.92 Å². The van der Waals surface area contributed by atoms with Crippen molar-refractivity contribution in [3.63, 3.8) is 0 Å². The minimum atomic E-state index is -0.460. The number of benzene rings is 1. The van der Waals surface area contributed by atoms with Gasteiger partial charge in [0.1, 0.15) is 5.75 Å². The number of ether oxygens (including phenoxy) is 1. The molecular weight excluding hydrogens is 268 g/mol. The van der Waals surface area contributed by atoms with Crippen LogP contribution in [0.25, 0.3) is 0 Å². The van der Waals surface area contributed by atoms with Gasteiger partial charge in [-0.1, -0.05) is 18.5 Å². The highest BCUT2D eigenvalue weighted by Gasteiger charge is 2.48. The van der Waals surface area contributed by atoms with Crippen LogP contribution >= 0.6 is 23.8 Å². The van der Waals surface area contributed by atoms with Crippen molar-refractivity contribution in [1.82, 2.24) is 10.6 Å². The van der Waals surface area contributed by atoms with Crippen LogP contribution in [0.4, 0.5) is 0 Å². The fourth-order valence-corrected chi connectivity index (χ4v) is 3.37. The number of hydrogen-bond acceptors (Lipinski definition) is 2. The first kappa shape index (κ1) is 12.1. The molecule has 0 saturated carbocycles. The molecule has 0 aliphatic carbocycles. The van der Waals surface area contributed by atoms with E-state index in [-0.39, 0.29) is 12.0 Å². The van der Waals surface area contributed by atoms with Crippen molar-refractivity contribution in [2.75, 3.05) is 0 Å². The summed E-state index contributed by atoms with van der Waals surface area (Å²) in [5, 5.41) is 7.90. The summed E-state index contributed by atoms with van der Waals surface area (Å²) in [7, 11) is 0. The SMILES string of the molecule is Cc1cc(Cl)cc2c1OC1(C)NC(=S)NC2C1C. The Balaban J connectivity index is 2.20. The fraction of sp³-hybridized carbons (Fsp3) is 0.462. The van der Waals surface area contributed by atoms with E-state index in [0.717, 1.165) is 21.9 Å². The molecule has 1 aromatic carbocycles. The molecule has 3 atom stereocenters. The van der Waals surface area contributed by atoms with Gasteiger partial charge in [-0.3, -0.25) is 0 Å². The molecular formula is C13H15ClN2OS. The third-order valence-corrected chi connectivity index (χ3v) is 4.37. The van der Waals surface area contributed by atoms with E-state index in [4.69, 9.17) is 28.6 Å². The molecule has 3 unspecified atom stereocenters. The number of thiocarbonyl (C=S) groups is 1. The fourth-order valence-electron chi connectivity index (χ4n) is 2.76. The quantitative estimate of drug-likeness (QED) is 0.717. The second kappa shape index (κ2) is 3.75. The van der Waals surface area contributed by atoms with E-state index in [2.05, 4.69) is 17.6 Å². The molecule has 1 aromatic rings. The standard InChI is InChI=1S/C13H15ClN2OS/c1-6-4-8(14)5-9-10-7(2)13(3,17-11(6)9)16-12(18)15-10/h4-5,7,10H,1-3H3,(H2,15,16,18). The third-order valence-electron chi connectivity index (χ3n) is 3.93. The van der Waals surface area contributed by atoms with E-state index in [1.165, 1.54) is 0 Å². The van der Waals surface area contributed by atoms with Crippen LogP contribution in [0.1, 0.15) is 31.0 Å². The lowest BCUT2D eigenvalue weighted by Crippen LogP contribution is -2.67.